The molecule has 3 aliphatic rings. The van der Waals surface area contributed by atoms with Crippen LogP contribution in [0.2, 0.25) is 0 Å². The van der Waals surface area contributed by atoms with E-state index in [1.807, 2.05) is 0 Å². The number of hydrogen-bond donors (Lipinski definition) is 0. The van der Waals surface area contributed by atoms with Crippen molar-refractivity contribution >= 4 is 44.8 Å². The lowest BCUT2D eigenvalue weighted by Crippen LogP contribution is -2.33. The van der Waals surface area contributed by atoms with Crippen molar-refractivity contribution in [3.8, 4) is 22.3 Å². The minimum absolute atomic E-state index is 0.0600. The highest BCUT2D eigenvalue weighted by atomic mass is 15.2. The molecule has 2 heteroatoms. The monoisotopic (exact) mass is 828 g/mol. The van der Waals surface area contributed by atoms with Gasteiger partial charge in [0, 0.05) is 39.7 Å². The predicted octanol–water partition coefficient (Wildman–Crippen LogP) is 17.2. The van der Waals surface area contributed by atoms with Gasteiger partial charge < -0.3 is 9.80 Å². The number of allylic oxidation sites excluding steroid dienone is 2. The first-order chi connectivity index (χ1) is 31.4. The third kappa shape index (κ3) is 7.16. The summed E-state index contributed by atoms with van der Waals surface area (Å²) >= 11 is 0. The molecule has 64 heavy (non-hydrogen) atoms. The van der Waals surface area contributed by atoms with Crippen LogP contribution < -0.4 is 9.80 Å². The van der Waals surface area contributed by atoms with E-state index in [4.69, 9.17) is 0 Å². The first kappa shape index (κ1) is 39.9. The molecule has 2 nitrogen and oxygen atoms in total. The molecule has 314 valence electrons. The van der Waals surface area contributed by atoms with Crippen LogP contribution in [0.1, 0.15) is 87.0 Å². The number of para-hydroxylation sites is 3. The van der Waals surface area contributed by atoms with Crippen molar-refractivity contribution in [1.29, 1.82) is 0 Å². The summed E-state index contributed by atoms with van der Waals surface area (Å²) in [6.45, 7) is 6.98. The quantitative estimate of drug-likeness (QED) is 0.151. The smallest absolute Gasteiger partial charge is 0.0701 e. The molecule has 2 aliphatic carbocycles. The molecule has 1 saturated carbocycles. The van der Waals surface area contributed by atoms with Crippen molar-refractivity contribution in [3.63, 3.8) is 0 Å². The molecular weight excluding hydrogens is 773 g/mol. The third-order valence-corrected chi connectivity index (χ3v) is 14.2. The Kier molecular flexibility index (Phi) is 10.4. The molecule has 0 spiro atoms. The number of anilines is 5. The fraction of sp³-hybridized carbons (Fsp3) is 0.194. The van der Waals surface area contributed by atoms with Crippen molar-refractivity contribution < 1.29 is 0 Å². The summed E-state index contributed by atoms with van der Waals surface area (Å²) in [7, 11) is 0. The van der Waals surface area contributed by atoms with Crippen molar-refractivity contribution in [2.75, 3.05) is 9.80 Å². The molecule has 1 aliphatic heterocycles. The summed E-state index contributed by atoms with van der Waals surface area (Å²) in [4.78, 5) is 5.15. The van der Waals surface area contributed by atoms with Crippen molar-refractivity contribution in [1.82, 2.24) is 0 Å². The van der Waals surface area contributed by atoms with Gasteiger partial charge in [-0.2, -0.15) is 0 Å². The zero-order valence-corrected chi connectivity index (χ0v) is 37.3. The topological polar surface area (TPSA) is 6.48 Å². The van der Waals surface area contributed by atoms with Crippen LogP contribution in [0, 0.1) is 0 Å². The summed E-state index contributed by atoms with van der Waals surface area (Å²) in [6.07, 6.45) is 13.5. The van der Waals surface area contributed by atoms with Gasteiger partial charge >= 0.3 is 0 Å². The molecule has 1 fully saturated rings. The molecule has 11 rings (SSSR count). The number of fused-ring (bicyclic) bond motifs is 4. The minimum Gasteiger partial charge on any atom is -0.332 e. The van der Waals surface area contributed by atoms with Crippen LogP contribution in [0.4, 0.5) is 28.4 Å². The molecule has 0 radical (unpaired) electrons. The average Bonchev–Trinajstić information content (AvgIpc) is 3.69. The lowest BCUT2D eigenvalue weighted by molar-refractivity contribution is 0.445. The van der Waals surface area contributed by atoms with Gasteiger partial charge in [0.25, 0.3) is 0 Å². The average molecular weight is 829 g/mol. The fourth-order valence-electron chi connectivity index (χ4n) is 11.1. The highest BCUT2D eigenvalue weighted by molar-refractivity contribution is 6.04. The van der Waals surface area contributed by atoms with E-state index >= 15 is 0 Å². The highest BCUT2D eigenvalue weighted by Gasteiger charge is 2.41. The molecule has 0 bridgehead atoms. The van der Waals surface area contributed by atoms with Gasteiger partial charge in [-0.3, -0.25) is 0 Å². The first-order valence-electron chi connectivity index (χ1n) is 23.5. The summed E-state index contributed by atoms with van der Waals surface area (Å²) in [5.41, 5.74) is 17.6. The second-order valence-electron chi connectivity index (χ2n) is 19.1. The van der Waals surface area contributed by atoms with Crippen LogP contribution >= 0.6 is 0 Å². The van der Waals surface area contributed by atoms with Crippen LogP contribution in [-0.2, 0) is 5.41 Å². The van der Waals surface area contributed by atoms with Gasteiger partial charge in [-0.1, -0.05) is 204 Å². The van der Waals surface area contributed by atoms with Crippen molar-refractivity contribution in [2.24, 2.45) is 0 Å². The Balaban J connectivity index is 1.14. The Bertz CT molecular complexity index is 3030. The van der Waals surface area contributed by atoms with Gasteiger partial charge in [-0.05, 0) is 111 Å². The Morgan fingerprint density at radius 3 is 2.03 bits per heavy atom. The molecular formula is C62H56N2. The molecule has 0 amide bonds. The Hall–Kier alpha value is -6.90. The fourth-order valence-corrected chi connectivity index (χ4v) is 11.1. The van der Waals surface area contributed by atoms with Crippen molar-refractivity contribution in [2.45, 2.75) is 76.2 Å². The molecule has 0 saturated heterocycles. The minimum atomic E-state index is -0.0600. The van der Waals surface area contributed by atoms with E-state index in [1.54, 1.807) is 0 Å². The number of rotatable bonds is 8. The van der Waals surface area contributed by atoms with Gasteiger partial charge in [0.05, 0.1) is 17.4 Å². The van der Waals surface area contributed by atoms with Gasteiger partial charge in [0.15, 0.2) is 0 Å². The Morgan fingerprint density at radius 2 is 1.23 bits per heavy atom. The summed E-state index contributed by atoms with van der Waals surface area (Å²) in [5.74, 6) is 0.682. The Labute approximate surface area is 379 Å². The van der Waals surface area contributed by atoms with Crippen molar-refractivity contribution in [3.05, 3.63) is 229 Å². The third-order valence-electron chi connectivity index (χ3n) is 14.2. The van der Waals surface area contributed by atoms with E-state index in [0.29, 0.717) is 5.92 Å². The summed E-state index contributed by atoms with van der Waals surface area (Å²) < 4.78 is 0. The maximum Gasteiger partial charge on any atom is 0.0701 e. The van der Waals surface area contributed by atoms with Gasteiger partial charge in [0.2, 0.25) is 0 Å². The highest BCUT2D eigenvalue weighted by Crippen LogP contribution is 2.53. The molecule has 8 aromatic carbocycles. The van der Waals surface area contributed by atoms with Gasteiger partial charge in [-0.15, -0.1) is 0 Å². The maximum absolute atomic E-state index is 2.58. The zero-order valence-electron chi connectivity index (χ0n) is 37.3. The lowest BCUT2D eigenvalue weighted by atomic mass is 9.80. The molecule has 0 aromatic heterocycles. The number of nitrogens with zero attached hydrogens (tertiary/aromatic N) is 2. The lowest BCUT2D eigenvalue weighted by Gasteiger charge is -2.36. The normalized spacial score (nSPS) is 17.2. The summed E-state index contributed by atoms with van der Waals surface area (Å²) in [6, 6.07) is 70.7. The van der Waals surface area contributed by atoms with Crippen LogP contribution in [0.5, 0.6) is 0 Å². The van der Waals surface area contributed by atoms with E-state index in [2.05, 4.69) is 237 Å². The van der Waals surface area contributed by atoms with Crippen LogP contribution in [0.15, 0.2) is 206 Å². The molecule has 1 heterocycles. The van der Waals surface area contributed by atoms with Crippen LogP contribution in [0.25, 0.3) is 38.6 Å². The van der Waals surface area contributed by atoms with Crippen LogP contribution in [-0.4, -0.2) is 6.04 Å². The van der Waals surface area contributed by atoms with E-state index in [-0.39, 0.29) is 17.4 Å². The zero-order chi connectivity index (χ0) is 43.2. The first-order valence-corrected chi connectivity index (χ1v) is 23.5. The van der Waals surface area contributed by atoms with Crippen LogP contribution in [0.3, 0.4) is 0 Å². The SMILES string of the molecule is CC(C)(C)c1ccc(-c2ccccc2)c(N(c2cccc(C3C=CC=C4c5ccccc5N(c5ccccc5)C43)c2)c2ccccc2-c2cccc3cccc(C4CCCCC4)c23)c1. The largest absolute Gasteiger partial charge is 0.332 e. The maximum atomic E-state index is 2.58. The predicted molar refractivity (Wildman–Crippen MR) is 273 cm³/mol. The summed E-state index contributed by atoms with van der Waals surface area (Å²) in [5, 5.41) is 2.72. The molecule has 8 aromatic rings. The number of hydrogen-bond acceptors (Lipinski definition) is 2. The number of benzene rings is 8. The van der Waals surface area contributed by atoms with E-state index < -0.39 is 0 Å². The van der Waals surface area contributed by atoms with E-state index in [0.717, 1.165) is 5.69 Å². The molecule has 2 atom stereocenters. The second-order valence-corrected chi connectivity index (χ2v) is 19.1. The Morgan fingerprint density at radius 1 is 0.547 bits per heavy atom. The van der Waals surface area contributed by atoms with E-state index in [1.165, 1.54) is 116 Å². The van der Waals surface area contributed by atoms with Gasteiger partial charge in [0.1, 0.15) is 0 Å². The standard InChI is InChI=1S/C62H56N2/c1-62(2,3)47-39-40-50(43-21-7-4-8-22-43)59(42-47)63(57-37-15-13-31-53(57)55-35-19-26-45-25-18-33-51(60(45)55)44-23-9-5-10-24-44)49-30-17-27-46(41-49)52-34-20-36-56-54-32-14-16-38-58(54)64(61(52)56)48-28-11-6-12-29-48/h4,6-8,11-22,25-42,44,52,61H,5,9-10,23-24H2,1-3H3. The second kappa shape index (κ2) is 16.7. The van der Waals surface area contributed by atoms with Gasteiger partial charge in [-0.25, -0.2) is 0 Å². The molecule has 2 unspecified atom stereocenters. The molecule has 0 N–H and O–H groups in total. The van der Waals surface area contributed by atoms with E-state index in [9.17, 15) is 0 Å².